The van der Waals surface area contributed by atoms with Crippen LogP contribution in [0.4, 0.5) is 0 Å². The Hall–Kier alpha value is -1.39. The second-order valence-electron chi connectivity index (χ2n) is 3.41. The van der Waals surface area contributed by atoms with Gasteiger partial charge in [-0.3, -0.25) is 0 Å². The molecule has 0 unspecified atom stereocenters. The van der Waals surface area contributed by atoms with Gasteiger partial charge in [0.1, 0.15) is 5.69 Å². The Morgan fingerprint density at radius 2 is 2.25 bits per heavy atom. The first-order valence-corrected chi connectivity index (χ1v) is 5.52. The Kier molecular flexibility index (Phi) is 3.22. The molecule has 0 aliphatic heterocycles. The molecule has 2 rings (SSSR count). The first-order chi connectivity index (χ1) is 7.76. The summed E-state index contributed by atoms with van der Waals surface area (Å²) in [6.45, 7) is 3.15. The molecule has 2 aromatic rings. The molecule has 0 aliphatic carbocycles. The molecule has 1 heterocycles. The average Bonchev–Trinajstić information content (AvgIpc) is 2.71. The number of hydrogen-bond acceptors (Lipinski definition) is 3. The molecule has 1 aromatic heterocycles. The fourth-order valence-electron chi connectivity index (χ4n) is 1.66. The normalized spacial score (nSPS) is 10.7. The van der Waals surface area contributed by atoms with Crippen LogP contribution in [0.5, 0.6) is 0 Å². The van der Waals surface area contributed by atoms with Crippen LogP contribution in [0.25, 0.3) is 11.3 Å². The van der Waals surface area contributed by atoms with Gasteiger partial charge in [0.2, 0.25) is 0 Å². The van der Waals surface area contributed by atoms with Gasteiger partial charge >= 0.3 is 0 Å². The summed E-state index contributed by atoms with van der Waals surface area (Å²) in [5, 5.41) is 8.81. The molecular formula is C11H13ClN4. The molecule has 4 nitrogen and oxygen atoms in total. The van der Waals surface area contributed by atoms with E-state index in [1.165, 1.54) is 0 Å². The molecular weight excluding hydrogens is 224 g/mol. The van der Waals surface area contributed by atoms with Crippen molar-refractivity contribution < 1.29 is 0 Å². The van der Waals surface area contributed by atoms with E-state index in [-0.39, 0.29) is 0 Å². The molecule has 16 heavy (non-hydrogen) atoms. The van der Waals surface area contributed by atoms with Gasteiger partial charge in [-0.25, -0.2) is 4.68 Å². The summed E-state index contributed by atoms with van der Waals surface area (Å²) in [6.07, 6.45) is 0. The largest absolute Gasteiger partial charge is 0.325 e. The molecule has 0 amide bonds. The van der Waals surface area contributed by atoms with Crippen molar-refractivity contribution in [1.29, 1.82) is 0 Å². The second kappa shape index (κ2) is 4.63. The summed E-state index contributed by atoms with van der Waals surface area (Å²) in [5.41, 5.74) is 8.39. The summed E-state index contributed by atoms with van der Waals surface area (Å²) in [4.78, 5) is 0. The third-order valence-corrected chi connectivity index (χ3v) is 2.63. The third kappa shape index (κ3) is 1.94. The van der Waals surface area contributed by atoms with Crippen molar-refractivity contribution in [1.82, 2.24) is 15.0 Å². The molecule has 0 aliphatic rings. The van der Waals surface area contributed by atoms with E-state index in [1.807, 2.05) is 35.9 Å². The molecule has 0 saturated heterocycles. The minimum Gasteiger partial charge on any atom is -0.325 e. The van der Waals surface area contributed by atoms with Crippen LogP contribution in [-0.4, -0.2) is 15.0 Å². The van der Waals surface area contributed by atoms with Crippen molar-refractivity contribution in [2.45, 2.75) is 20.0 Å². The van der Waals surface area contributed by atoms with Crippen LogP contribution in [0, 0.1) is 0 Å². The van der Waals surface area contributed by atoms with Gasteiger partial charge in [-0.2, -0.15) is 0 Å². The number of rotatable bonds is 3. The summed E-state index contributed by atoms with van der Waals surface area (Å²) >= 11 is 5.97. The number of aryl methyl sites for hydroxylation is 1. The fraction of sp³-hybridized carbons (Fsp3) is 0.273. The lowest BCUT2D eigenvalue weighted by Gasteiger charge is -2.05. The first-order valence-electron chi connectivity index (χ1n) is 5.14. The van der Waals surface area contributed by atoms with Crippen LogP contribution in [0.2, 0.25) is 5.02 Å². The van der Waals surface area contributed by atoms with E-state index in [0.717, 1.165) is 23.5 Å². The van der Waals surface area contributed by atoms with E-state index in [2.05, 4.69) is 10.3 Å². The van der Waals surface area contributed by atoms with Gasteiger partial charge in [0, 0.05) is 23.7 Å². The zero-order chi connectivity index (χ0) is 11.5. The van der Waals surface area contributed by atoms with E-state index in [0.29, 0.717) is 11.6 Å². The highest BCUT2D eigenvalue weighted by Crippen LogP contribution is 2.24. The highest BCUT2D eigenvalue weighted by molar-refractivity contribution is 6.30. The van der Waals surface area contributed by atoms with Crippen molar-refractivity contribution in [2.75, 3.05) is 0 Å². The Labute approximate surface area is 99.0 Å². The predicted octanol–water partition coefficient (Wildman–Crippen LogP) is 2.08. The standard InChI is InChI=1S/C11H13ClN4/c1-2-16-11(10(7-13)14-15-16)8-4-3-5-9(12)6-8/h3-6H,2,7,13H2,1H3. The van der Waals surface area contributed by atoms with E-state index in [9.17, 15) is 0 Å². The van der Waals surface area contributed by atoms with E-state index >= 15 is 0 Å². The van der Waals surface area contributed by atoms with E-state index in [1.54, 1.807) is 0 Å². The van der Waals surface area contributed by atoms with E-state index < -0.39 is 0 Å². The average molecular weight is 237 g/mol. The first kappa shape index (κ1) is 11.1. The highest BCUT2D eigenvalue weighted by atomic mass is 35.5. The lowest BCUT2D eigenvalue weighted by atomic mass is 10.1. The lowest BCUT2D eigenvalue weighted by molar-refractivity contribution is 0.632. The monoisotopic (exact) mass is 236 g/mol. The molecule has 2 N–H and O–H groups in total. The predicted molar refractivity (Wildman–Crippen MR) is 64.0 cm³/mol. The Bertz CT molecular complexity index is 471. The van der Waals surface area contributed by atoms with Crippen molar-refractivity contribution >= 4 is 11.6 Å². The zero-order valence-corrected chi connectivity index (χ0v) is 9.78. The maximum atomic E-state index is 5.97. The second-order valence-corrected chi connectivity index (χ2v) is 3.85. The van der Waals surface area contributed by atoms with Crippen LogP contribution in [-0.2, 0) is 13.1 Å². The molecule has 0 radical (unpaired) electrons. The summed E-state index contributed by atoms with van der Waals surface area (Å²) in [7, 11) is 0. The Morgan fingerprint density at radius 3 is 2.88 bits per heavy atom. The number of benzene rings is 1. The summed E-state index contributed by atoms with van der Waals surface area (Å²) < 4.78 is 1.83. The van der Waals surface area contributed by atoms with Crippen molar-refractivity contribution in [3.05, 3.63) is 35.0 Å². The van der Waals surface area contributed by atoms with Gasteiger partial charge in [-0.15, -0.1) is 5.10 Å². The lowest BCUT2D eigenvalue weighted by Crippen LogP contribution is -2.02. The van der Waals surface area contributed by atoms with Crippen LogP contribution in [0.3, 0.4) is 0 Å². The minimum atomic E-state index is 0.377. The number of hydrogen-bond donors (Lipinski definition) is 1. The van der Waals surface area contributed by atoms with Crippen LogP contribution in [0.1, 0.15) is 12.6 Å². The highest BCUT2D eigenvalue weighted by Gasteiger charge is 2.12. The van der Waals surface area contributed by atoms with Gasteiger partial charge < -0.3 is 5.73 Å². The number of halogens is 1. The van der Waals surface area contributed by atoms with Gasteiger partial charge in [0.25, 0.3) is 0 Å². The topological polar surface area (TPSA) is 56.7 Å². The maximum absolute atomic E-state index is 5.97. The van der Waals surface area contributed by atoms with Gasteiger partial charge in [0.05, 0.1) is 5.69 Å². The molecule has 5 heteroatoms. The maximum Gasteiger partial charge on any atom is 0.104 e. The van der Waals surface area contributed by atoms with Crippen LogP contribution in [0.15, 0.2) is 24.3 Å². The number of nitrogens with zero attached hydrogens (tertiary/aromatic N) is 3. The molecule has 84 valence electrons. The van der Waals surface area contributed by atoms with Gasteiger partial charge in [-0.05, 0) is 19.1 Å². The molecule has 0 fully saturated rings. The van der Waals surface area contributed by atoms with Crippen molar-refractivity contribution in [3.63, 3.8) is 0 Å². The smallest absolute Gasteiger partial charge is 0.104 e. The summed E-state index contributed by atoms with van der Waals surface area (Å²) in [6, 6.07) is 7.62. The quantitative estimate of drug-likeness (QED) is 0.888. The number of nitrogens with two attached hydrogens (primary N) is 1. The fourth-order valence-corrected chi connectivity index (χ4v) is 1.85. The number of aromatic nitrogens is 3. The van der Waals surface area contributed by atoms with Gasteiger partial charge in [-0.1, -0.05) is 28.9 Å². The SMILES string of the molecule is CCn1nnc(CN)c1-c1cccc(Cl)c1. The van der Waals surface area contributed by atoms with Crippen molar-refractivity contribution in [3.8, 4) is 11.3 Å². The van der Waals surface area contributed by atoms with Crippen LogP contribution < -0.4 is 5.73 Å². The van der Waals surface area contributed by atoms with Crippen LogP contribution >= 0.6 is 11.6 Å². The van der Waals surface area contributed by atoms with Crippen molar-refractivity contribution in [2.24, 2.45) is 5.73 Å². The summed E-state index contributed by atoms with van der Waals surface area (Å²) in [5.74, 6) is 0. The molecule has 0 atom stereocenters. The molecule has 1 aromatic carbocycles. The zero-order valence-electron chi connectivity index (χ0n) is 9.02. The third-order valence-electron chi connectivity index (χ3n) is 2.40. The Balaban J connectivity index is 2.57. The molecule has 0 spiro atoms. The minimum absolute atomic E-state index is 0.377. The van der Waals surface area contributed by atoms with E-state index in [4.69, 9.17) is 17.3 Å². The Morgan fingerprint density at radius 1 is 1.44 bits per heavy atom. The van der Waals surface area contributed by atoms with Gasteiger partial charge in [0.15, 0.2) is 0 Å². The molecule has 0 saturated carbocycles. The molecule has 0 bridgehead atoms.